The van der Waals surface area contributed by atoms with Gasteiger partial charge in [0.1, 0.15) is 0 Å². The van der Waals surface area contributed by atoms with E-state index in [4.69, 9.17) is 0 Å². The Morgan fingerprint density at radius 1 is 1.67 bits per heavy atom. The van der Waals surface area contributed by atoms with Crippen LogP contribution in [0.1, 0.15) is 13.8 Å². The third kappa shape index (κ3) is 1.94. The van der Waals surface area contributed by atoms with E-state index in [1.165, 1.54) is 0 Å². The molecule has 0 amide bonds. The van der Waals surface area contributed by atoms with Crippen molar-refractivity contribution in [3.05, 3.63) is 6.42 Å². The zero-order chi connectivity index (χ0) is 4.99. The number of hydrogen-bond acceptors (Lipinski definition) is 1. The molecule has 0 bridgehead atoms. The van der Waals surface area contributed by atoms with E-state index in [0.717, 1.165) is 5.71 Å². The average Bonchev–Trinajstić information content (AvgIpc) is 1.65. The molecule has 0 aliphatic rings. The van der Waals surface area contributed by atoms with Crippen molar-refractivity contribution >= 4 is 5.71 Å². The van der Waals surface area contributed by atoms with E-state index in [-0.39, 0.29) is 0 Å². The van der Waals surface area contributed by atoms with Crippen LogP contribution in [0.15, 0.2) is 4.99 Å². The molecule has 1 heteroatoms. The molecular weight excluding hydrogens is 74.1 g/mol. The summed E-state index contributed by atoms with van der Waals surface area (Å²) in [5.74, 6) is 0. The second-order valence-electron chi connectivity index (χ2n) is 1.15. The fourth-order valence-corrected chi connectivity index (χ4v) is 0.129. The maximum absolute atomic E-state index is 3.87. The lowest BCUT2D eigenvalue weighted by Crippen LogP contribution is -1.84. The summed E-state index contributed by atoms with van der Waals surface area (Å²) in [7, 11) is 1.79. The van der Waals surface area contributed by atoms with Crippen LogP contribution in [0, 0.1) is 6.42 Å². The number of hydrogen-bond donors (Lipinski definition) is 0. The molecule has 0 heterocycles. The van der Waals surface area contributed by atoms with Gasteiger partial charge < -0.3 is 0 Å². The number of nitrogens with zero attached hydrogens (tertiary/aromatic N) is 1. The Morgan fingerprint density at radius 2 is 2.17 bits per heavy atom. The van der Waals surface area contributed by atoms with Crippen molar-refractivity contribution in [3.8, 4) is 0 Å². The van der Waals surface area contributed by atoms with Gasteiger partial charge in [0.25, 0.3) is 0 Å². The van der Waals surface area contributed by atoms with Crippen LogP contribution in [0.3, 0.4) is 0 Å². The largest absolute Gasteiger partial charge is 0.297 e. The van der Waals surface area contributed by atoms with Crippen molar-refractivity contribution in [2.45, 2.75) is 13.8 Å². The van der Waals surface area contributed by atoms with Gasteiger partial charge in [-0.3, -0.25) is 4.99 Å². The Labute approximate surface area is 39.1 Å². The summed E-state index contributed by atoms with van der Waals surface area (Å²) in [6.07, 6.45) is 1.97. The second-order valence-corrected chi connectivity index (χ2v) is 1.15. The summed E-state index contributed by atoms with van der Waals surface area (Å²) < 4.78 is 0. The van der Waals surface area contributed by atoms with Crippen molar-refractivity contribution < 1.29 is 0 Å². The topological polar surface area (TPSA) is 12.4 Å². The van der Waals surface area contributed by atoms with Gasteiger partial charge in [-0.05, 0) is 6.92 Å². The molecule has 0 spiro atoms. The van der Waals surface area contributed by atoms with E-state index in [1.54, 1.807) is 7.05 Å². The van der Waals surface area contributed by atoms with Crippen LogP contribution in [0.2, 0.25) is 0 Å². The van der Waals surface area contributed by atoms with Gasteiger partial charge in [0.2, 0.25) is 0 Å². The molecule has 0 saturated heterocycles. The predicted octanol–water partition coefficient (Wildman–Crippen LogP) is 1.30. The van der Waals surface area contributed by atoms with Gasteiger partial charge in [0.15, 0.2) is 0 Å². The minimum absolute atomic E-state index is 1.09. The molecule has 0 aliphatic carbocycles. The first kappa shape index (κ1) is 5.67. The monoisotopic (exact) mass is 84.1 g/mol. The van der Waals surface area contributed by atoms with Gasteiger partial charge in [-0.15, -0.1) is 0 Å². The van der Waals surface area contributed by atoms with E-state index >= 15 is 0 Å². The van der Waals surface area contributed by atoms with E-state index in [1.807, 2.05) is 20.3 Å². The van der Waals surface area contributed by atoms with Crippen LogP contribution in [0.5, 0.6) is 0 Å². The zero-order valence-corrected chi connectivity index (χ0v) is 4.52. The summed E-state index contributed by atoms with van der Waals surface area (Å²) in [5.41, 5.74) is 1.09. The highest BCUT2D eigenvalue weighted by Gasteiger charge is 1.75. The Kier molecular flexibility index (Phi) is 2.73. The highest BCUT2D eigenvalue weighted by molar-refractivity contribution is 5.89. The predicted molar refractivity (Wildman–Crippen MR) is 29.0 cm³/mol. The van der Waals surface area contributed by atoms with Crippen molar-refractivity contribution in [1.29, 1.82) is 0 Å². The minimum Gasteiger partial charge on any atom is -0.297 e. The van der Waals surface area contributed by atoms with Gasteiger partial charge in [0, 0.05) is 19.2 Å². The summed E-state index contributed by atoms with van der Waals surface area (Å²) in [6.45, 7) is 3.95. The van der Waals surface area contributed by atoms with Crippen LogP contribution in [0.4, 0.5) is 0 Å². The van der Waals surface area contributed by atoms with Gasteiger partial charge in [0.05, 0.1) is 0 Å². The molecule has 0 rings (SSSR count). The quantitative estimate of drug-likeness (QED) is 0.425. The molecule has 0 atom stereocenters. The smallest absolute Gasteiger partial charge is 0.0276 e. The maximum atomic E-state index is 3.87. The summed E-state index contributed by atoms with van der Waals surface area (Å²) in [4.78, 5) is 3.87. The molecule has 0 aromatic rings. The maximum Gasteiger partial charge on any atom is 0.0276 e. The lowest BCUT2D eigenvalue weighted by atomic mass is 10.3. The molecule has 1 radical (unpaired) electrons. The summed E-state index contributed by atoms with van der Waals surface area (Å²) >= 11 is 0. The highest BCUT2D eigenvalue weighted by Crippen LogP contribution is 1.76. The normalized spacial score (nSPS) is 12.2. The molecule has 35 valence electrons. The third-order valence-electron chi connectivity index (χ3n) is 0.770. The fraction of sp³-hybridized carbons (Fsp3) is 0.600. The van der Waals surface area contributed by atoms with Gasteiger partial charge in [-0.1, -0.05) is 6.92 Å². The molecule has 0 aromatic heterocycles. The van der Waals surface area contributed by atoms with E-state index < -0.39 is 0 Å². The second kappa shape index (κ2) is 2.88. The molecule has 6 heavy (non-hydrogen) atoms. The molecule has 0 aromatic carbocycles. The SMILES string of the molecule is C[CH]C(C)=NC. The summed E-state index contributed by atoms with van der Waals surface area (Å²) in [5, 5.41) is 0. The van der Waals surface area contributed by atoms with Crippen LogP contribution in [-0.2, 0) is 0 Å². The molecule has 0 fully saturated rings. The lowest BCUT2D eigenvalue weighted by Gasteiger charge is -1.83. The van der Waals surface area contributed by atoms with Crippen LogP contribution < -0.4 is 0 Å². The van der Waals surface area contributed by atoms with Crippen LogP contribution in [0.25, 0.3) is 0 Å². The summed E-state index contributed by atoms with van der Waals surface area (Å²) in [6, 6.07) is 0. The van der Waals surface area contributed by atoms with E-state index in [9.17, 15) is 0 Å². The first-order valence-electron chi connectivity index (χ1n) is 2.04. The van der Waals surface area contributed by atoms with Crippen molar-refractivity contribution in [1.82, 2.24) is 0 Å². The third-order valence-corrected chi connectivity index (χ3v) is 0.770. The van der Waals surface area contributed by atoms with Gasteiger partial charge in [-0.25, -0.2) is 0 Å². The first-order valence-corrected chi connectivity index (χ1v) is 2.04. The average molecular weight is 84.1 g/mol. The van der Waals surface area contributed by atoms with Gasteiger partial charge >= 0.3 is 0 Å². The fourth-order valence-electron chi connectivity index (χ4n) is 0.129. The van der Waals surface area contributed by atoms with Crippen molar-refractivity contribution in [2.24, 2.45) is 4.99 Å². The molecule has 0 N–H and O–H groups in total. The zero-order valence-electron chi connectivity index (χ0n) is 4.52. The molecule has 0 saturated carbocycles. The Balaban J connectivity index is 3.22. The number of aliphatic imine (C=N–C) groups is 1. The van der Waals surface area contributed by atoms with Crippen LogP contribution in [-0.4, -0.2) is 12.8 Å². The Hall–Kier alpha value is -0.330. The Bertz CT molecular complexity index is 55.0. The van der Waals surface area contributed by atoms with Gasteiger partial charge in [-0.2, -0.15) is 0 Å². The highest BCUT2D eigenvalue weighted by atomic mass is 14.7. The van der Waals surface area contributed by atoms with Crippen molar-refractivity contribution in [2.75, 3.05) is 7.05 Å². The first-order chi connectivity index (χ1) is 2.81. The molecule has 0 aliphatic heterocycles. The van der Waals surface area contributed by atoms with E-state index in [0.29, 0.717) is 0 Å². The lowest BCUT2D eigenvalue weighted by molar-refractivity contribution is 1.39. The minimum atomic E-state index is 1.09. The standard InChI is InChI=1S/C5H10N/c1-4-5(2)6-3/h4H,1-3H3. The molecule has 0 unspecified atom stereocenters. The molecule has 1 nitrogen and oxygen atoms in total. The Morgan fingerprint density at radius 3 is 2.17 bits per heavy atom. The van der Waals surface area contributed by atoms with Crippen molar-refractivity contribution in [3.63, 3.8) is 0 Å². The van der Waals surface area contributed by atoms with E-state index in [2.05, 4.69) is 4.99 Å². The van der Waals surface area contributed by atoms with Crippen LogP contribution >= 0.6 is 0 Å². The number of rotatable bonds is 1. The molecular formula is C5H10N.